The molecule has 4 N–H and O–H groups in total. The van der Waals surface area contributed by atoms with E-state index >= 15 is 0 Å². The van der Waals surface area contributed by atoms with Gasteiger partial charge in [-0.25, -0.2) is 0 Å². The molecular weight excluding hydrogens is 268 g/mol. The minimum Gasteiger partial charge on any atom is -0.481 e. The highest BCUT2D eigenvalue weighted by Crippen LogP contribution is 2.71. The van der Waals surface area contributed by atoms with E-state index in [-0.39, 0.29) is 38.5 Å². The van der Waals surface area contributed by atoms with Crippen LogP contribution in [0.25, 0.3) is 0 Å². The zero-order chi connectivity index (χ0) is 15.0. The summed E-state index contributed by atoms with van der Waals surface area (Å²) in [6.45, 7) is 0. The Morgan fingerprint density at radius 1 is 0.600 bits per heavy atom. The number of carboxylic acid groups (broad SMARTS) is 3. The van der Waals surface area contributed by atoms with Gasteiger partial charge in [-0.1, -0.05) is 0 Å². The van der Waals surface area contributed by atoms with Crippen LogP contribution in [0.15, 0.2) is 0 Å². The van der Waals surface area contributed by atoms with E-state index < -0.39 is 39.8 Å². The van der Waals surface area contributed by atoms with Gasteiger partial charge in [0.2, 0.25) is 0 Å². The maximum absolute atomic E-state index is 11.6. The average Bonchev–Trinajstić information content (AvgIpc) is 2.24. The molecule has 0 saturated heterocycles. The van der Waals surface area contributed by atoms with Crippen molar-refractivity contribution in [2.75, 3.05) is 0 Å². The Morgan fingerprint density at radius 3 is 1.05 bits per heavy atom. The van der Waals surface area contributed by atoms with Crippen LogP contribution in [-0.4, -0.2) is 43.9 Å². The van der Waals surface area contributed by atoms with E-state index in [2.05, 4.69) is 0 Å². The Kier molecular flexibility index (Phi) is 2.23. The van der Waals surface area contributed by atoms with Crippen LogP contribution < -0.4 is 0 Å². The van der Waals surface area contributed by atoms with E-state index in [1.807, 2.05) is 0 Å². The first-order valence-electron chi connectivity index (χ1n) is 6.50. The van der Waals surface area contributed by atoms with Crippen molar-refractivity contribution < 1.29 is 34.8 Å². The molecule has 0 amide bonds. The fraction of sp³-hybridized carbons (Fsp3) is 0.769. The number of aliphatic carboxylic acids is 3. The molecule has 110 valence electrons. The lowest BCUT2D eigenvalue weighted by atomic mass is 9.38. The summed E-state index contributed by atoms with van der Waals surface area (Å²) in [6, 6.07) is 0. The molecular formula is C13H16O7. The zero-order valence-electron chi connectivity index (χ0n) is 10.8. The summed E-state index contributed by atoms with van der Waals surface area (Å²) in [7, 11) is 0. The molecule has 0 aromatic carbocycles. The van der Waals surface area contributed by atoms with Crippen molar-refractivity contribution in [3.63, 3.8) is 0 Å². The Morgan fingerprint density at radius 2 is 0.850 bits per heavy atom. The van der Waals surface area contributed by atoms with Crippen LogP contribution >= 0.6 is 0 Å². The molecule has 0 aromatic rings. The highest BCUT2D eigenvalue weighted by molar-refractivity contribution is 5.86. The molecule has 7 heteroatoms. The molecule has 4 saturated carbocycles. The van der Waals surface area contributed by atoms with Crippen LogP contribution in [0.3, 0.4) is 0 Å². The smallest absolute Gasteiger partial charge is 0.309 e. The van der Waals surface area contributed by atoms with Gasteiger partial charge in [0, 0.05) is 0 Å². The maximum atomic E-state index is 11.6. The van der Waals surface area contributed by atoms with Crippen LogP contribution in [0.2, 0.25) is 0 Å². The summed E-state index contributed by atoms with van der Waals surface area (Å²) >= 11 is 0. The van der Waals surface area contributed by atoms with Crippen LogP contribution in [0.4, 0.5) is 0 Å². The summed E-state index contributed by atoms with van der Waals surface area (Å²) in [5.74, 6) is -3.61. The Hall–Kier alpha value is -1.63. The zero-order valence-corrected chi connectivity index (χ0v) is 10.8. The molecule has 0 heterocycles. The predicted molar refractivity (Wildman–Crippen MR) is 62.9 cm³/mol. The number of carbonyl (C=O) groups is 3. The first-order valence-corrected chi connectivity index (χ1v) is 6.50. The Bertz CT molecular complexity index is 455. The second-order valence-corrected chi connectivity index (χ2v) is 7.04. The molecule has 0 atom stereocenters. The van der Waals surface area contributed by atoms with E-state index in [1.54, 1.807) is 0 Å². The van der Waals surface area contributed by atoms with Gasteiger partial charge in [-0.15, -0.1) is 0 Å². The average molecular weight is 284 g/mol. The lowest BCUT2D eigenvalue weighted by molar-refractivity contribution is -0.244. The molecule has 20 heavy (non-hydrogen) atoms. The van der Waals surface area contributed by atoms with Gasteiger partial charge in [0.05, 0.1) is 21.8 Å². The van der Waals surface area contributed by atoms with Gasteiger partial charge < -0.3 is 20.4 Å². The number of carboxylic acids is 3. The van der Waals surface area contributed by atoms with E-state index in [4.69, 9.17) is 0 Å². The maximum Gasteiger partial charge on any atom is 0.309 e. The van der Waals surface area contributed by atoms with Gasteiger partial charge >= 0.3 is 17.9 Å². The molecule has 4 aliphatic carbocycles. The molecule has 0 radical (unpaired) electrons. The van der Waals surface area contributed by atoms with Crippen molar-refractivity contribution >= 4 is 17.9 Å². The van der Waals surface area contributed by atoms with Crippen molar-refractivity contribution in [2.24, 2.45) is 16.2 Å². The van der Waals surface area contributed by atoms with Gasteiger partial charge in [0.1, 0.15) is 0 Å². The van der Waals surface area contributed by atoms with Crippen molar-refractivity contribution in [2.45, 2.75) is 44.1 Å². The molecule has 4 bridgehead atoms. The number of rotatable bonds is 3. The highest BCUT2D eigenvalue weighted by atomic mass is 16.4. The molecule has 0 unspecified atom stereocenters. The predicted octanol–water partition coefficient (Wildman–Crippen LogP) is 0.312. The second-order valence-electron chi connectivity index (χ2n) is 7.04. The van der Waals surface area contributed by atoms with Crippen LogP contribution in [0, 0.1) is 16.2 Å². The second kappa shape index (κ2) is 3.33. The van der Waals surface area contributed by atoms with Crippen molar-refractivity contribution in [1.82, 2.24) is 0 Å². The molecule has 0 spiro atoms. The third kappa shape index (κ3) is 1.41. The normalized spacial score (nSPS) is 49.0. The third-order valence-corrected chi connectivity index (χ3v) is 5.39. The SMILES string of the molecule is O=C(O)C12CC3(O)CC(C(=O)O)(C1)CC(C(=O)O)(C3)C2. The standard InChI is InChI=1S/C13H16O7/c14-7(15)10-1-11(8(16)17)3-12(2-10,9(18)19)6-13(20,4-10)5-11/h20H,1-6H2,(H,14,15)(H,16,17)(H,18,19). The summed E-state index contributed by atoms with van der Waals surface area (Å²) in [4.78, 5) is 34.9. The van der Waals surface area contributed by atoms with Crippen LogP contribution in [0.5, 0.6) is 0 Å². The van der Waals surface area contributed by atoms with Gasteiger partial charge in [-0.2, -0.15) is 0 Å². The molecule has 0 aromatic heterocycles. The summed E-state index contributed by atoms with van der Waals surface area (Å²) < 4.78 is 0. The van der Waals surface area contributed by atoms with Gasteiger partial charge in [-0.3, -0.25) is 14.4 Å². The largest absolute Gasteiger partial charge is 0.481 e. The fourth-order valence-corrected chi connectivity index (χ4v) is 5.26. The molecule has 4 rings (SSSR count). The summed E-state index contributed by atoms with van der Waals surface area (Å²) in [5.41, 5.74) is -5.84. The topological polar surface area (TPSA) is 132 Å². The quantitative estimate of drug-likeness (QED) is 0.586. The number of hydrogen-bond donors (Lipinski definition) is 4. The molecule has 7 nitrogen and oxygen atoms in total. The van der Waals surface area contributed by atoms with E-state index in [1.165, 1.54) is 0 Å². The monoisotopic (exact) mass is 284 g/mol. The summed E-state index contributed by atoms with van der Waals surface area (Å²) in [6.07, 6.45) is -0.454. The third-order valence-electron chi connectivity index (χ3n) is 5.39. The number of aliphatic hydroxyl groups is 1. The number of hydrogen-bond acceptors (Lipinski definition) is 4. The highest BCUT2D eigenvalue weighted by Gasteiger charge is 2.74. The lowest BCUT2D eigenvalue weighted by Gasteiger charge is -2.64. The lowest BCUT2D eigenvalue weighted by Crippen LogP contribution is -2.69. The van der Waals surface area contributed by atoms with Gasteiger partial charge in [0.15, 0.2) is 0 Å². The van der Waals surface area contributed by atoms with Gasteiger partial charge in [-0.05, 0) is 38.5 Å². The van der Waals surface area contributed by atoms with E-state index in [9.17, 15) is 34.8 Å². The molecule has 0 aliphatic heterocycles. The summed E-state index contributed by atoms with van der Waals surface area (Å²) in [5, 5.41) is 39.0. The van der Waals surface area contributed by atoms with E-state index in [0.29, 0.717) is 0 Å². The van der Waals surface area contributed by atoms with Crippen molar-refractivity contribution in [3.8, 4) is 0 Å². The first kappa shape index (κ1) is 13.4. The van der Waals surface area contributed by atoms with E-state index in [0.717, 1.165) is 0 Å². The fourth-order valence-electron chi connectivity index (χ4n) is 5.26. The Balaban J connectivity index is 2.20. The van der Waals surface area contributed by atoms with Gasteiger partial charge in [0.25, 0.3) is 0 Å². The van der Waals surface area contributed by atoms with Crippen LogP contribution in [-0.2, 0) is 14.4 Å². The minimum absolute atomic E-state index is 0.0562. The van der Waals surface area contributed by atoms with Crippen molar-refractivity contribution in [3.05, 3.63) is 0 Å². The molecule has 4 fully saturated rings. The Labute approximate surface area is 114 Å². The van der Waals surface area contributed by atoms with Crippen molar-refractivity contribution in [1.29, 1.82) is 0 Å². The first-order chi connectivity index (χ1) is 9.07. The molecule has 4 aliphatic rings. The van der Waals surface area contributed by atoms with Crippen LogP contribution in [0.1, 0.15) is 38.5 Å². The minimum atomic E-state index is -1.51.